The van der Waals surface area contributed by atoms with Crippen molar-refractivity contribution in [2.45, 2.75) is 0 Å². The van der Waals surface area contributed by atoms with Crippen LogP contribution in [0.5, 0.6) is 17.2 Å². The van der Waals surface area contributed by atoms with E-state index in [0.29, 0.717) is 22.6 Å². The molecule has 0 unspecified atom stereocenters. The summed E-state index contributed by atoms with van der Waals surface area (Å²) in [7, 11) is 3.18. The summed E-state index contributed by atoms with van der Waals surface area (Å²) in [5.74, 6) is 1.84. The molecule has 1 aliphatic heterocycles. The monoisotopic (exact) mass is 296 g/mol. The Balaban J connectivity index is 1.93. The van der Waals surface area contributed by atoms with Crippen LogP contribution in [-0.2, 0) is 0 Å². The molecule has 0 saturated heterocycles. The normalized spacial score (nSPS) is 15.2. The molecule has 4 heteroatoms. The first-order chi connectivity index (χ1) is 10.7. The van der Waals surface area contributed by atoms with E-state index in [4.69, 9.17) is 14.2 Å². The van der Waals surface area contributed by atoms with Gasteiger partial charge in [-0.15, -0.1) is 0 Å². The molecule has 112 valence electrons. The molecule has 1 heterocycles. The summed E-state index contributed by atoms with van der Waals surface area (Å²) >= 11 is 0. The van der Waals surface area contributed by atoms with Gasteiger partial charge in [-0.25, -0.2) is 0 Å². The maximum absolute atomic E-state index is 12.6. The van der Waals surface area contributed by atoms with Crippen molar-refractivity contribution in [3.8, 4) is 17.2 Å². The lowest BCUT2D eigenvalue weighted by atomic mass is 9.98. The van der Waals surface area contributed by atoms with Gasteiger partial charge in [-0.3, -0.25) is 4.79 Å². The van der Waals surface area contributed by atoms with E-state index >= 15 is 0 Å². The van der Waals surface area contributed by atoms with Gasteiger partial charge < -0.3 is 14.2 Å². The zero-order valence-electron chi connectivity index (χ0n) is 12.5. The average Bonchev–Trinajstić information content (AvgIpc) is 2.57. The van der Waals surface area contributed by atoms with Crippen LogP contribution in [0.25, 0.3) is 6.08 Å². The number of hydrogen-bond acceptors (Lipinski definition) is 4. The molecule has 0 saturated carbocycles. The number of fused-ring (bicyclic) bond motifs is 1. The van der Waals surface area contributed by atoms with Crippen molar-refractivity contribution >= 4 is 11.9 Å². The highest BCUT2D eigenvalue weighted by Crippen LogP contribution is 2.36. The van der Waals surface area contributed by atoms with Gasteiger partial charge in [-0.05, 0) is 35.9 Å². The first kappa shape index (κ1) is 14.2. The molecule has 1 aliphatic rings. The first-order valence-corrected chi connectivity index (χ1v) is 6.92. The Labute approximate surface area is 128 Å². The fraction of sp³-hybridized carbons (Fsp3) is 0.167. The number of rotatable bonds is 3. The van der Waals surface area contributed by atoms with Crippen LogP contribution in [0, 0.1) is 0 Å². The number of ketones is 1. The number of para-hydroxylation sites is 1. The van der Waals surface area contributed by atoms with Gasteiger partial charge in [0.05, 0.1) is 19.8 Å². The predicted octanol–water partition coefficient (Wildman–Crippen LogP) is 3.36. The summed E-state index contributed by atoms with van der Waals surface area (Å²) in [5.41, 5.74) is 2.08. The second-order valence-electron chi connectivity index (χ2n) is 4.90. The highest BCUT2D eigenvalue weighted by atomic mass is 16.5. The number of carbonyl (C=O) groups excluding carboxylic acids is 1. The minimum atomic E-state index is -0.0315. The van der Waals surface area contributed by atoms with Crippen molar-refractivity contribution in [2.24, 2.45) is 0 Å². The number of benzene rings is 2. The molecule has 2 aromatic rings. The number of carbonyl (C=O) groups is 1. The molecule has 0 aliphatic carbocycles. The number of Topliss-reactive ketones (excluding diaryl/α,β-unsaturated/α-hetero) is 1. The van der Waals surface area contributed by atoms with Crippen LogP contribution in [0.4, 0.5) is 0 Å². The van der Waals surface area contributed by atoms with Crippen LogP contribution in [-0.4, -0.2) is 26.6 Å². The van der Waals surface area contributed by atoms with E-state index in [1.54, 1.807) is 32.4 Å². The zero-order chi connectivity index (χ0) is 15.5. The lowest BCUT2D eigenvalue weighted by Crippen LogP contribution is -2.19. The first-order valence-electron chi connectivity index (χ1n) is 6.92. The molecular weight excluding hydrogens is 280 g/mol. The van der Waals surface area contributed by atoms with E-state index in [0.717, 1.165) is 11.3 Å². The Morgan fingerprint density at radius 2 is 1.82 bits per heavy atom. The summed E-state index contributed by atoms with van der Waals surface area (Å²) in [4.78, 5) is 12.6. The Morgan fingerprint density at radius 1 is 1.05 bits per heavy atom. The van der Waals surface area contributed by atoms with Crippen LogP contribution in [0.3, 0.4) is 0 Å². The van der Waals surface area contributed by atoms with Gasteiger partial charge in [0, 0.05) is 5.57 Å². The molecule has 0 spiro atoms. The summed E-state index contributed by atoms with van der Waals surface area (Å²) in [5, 5.41) is 0. The molecule has 0 radical (unpaired) electrons. The number of ether oxygens (including phenoxy) is 3. The van der Waals surface area contributed by atoms with Gasteiger partial charge in [0.25, 0.3) is 0 Å². The van der Waals surface area contributed by atoms with Gasteiger partial charge in [0.15, 0.2) is 17.3 Å². The summed E-state index contributed by atoms with van der Waals surface area (Å²) in [6, 6.07) is 12.8. The van der Waals surface area contributed by atoms with Crippen LogP contribution in [0.1, 0.15) is 15.9 Å². The lowest BCUT2D eigenvalue weighted by molar-refractivity contribution is 0.0999. The SMILES string of the molecule is COc1ccc(C=C2COc3c(OC)cccc3C2=O)cc1. The van der Waals surface area contributed by atoms with Crippen LogP contribution >= 0.6 is 0 Å². The van der Waals surface area contributed by atoms with E-state index in [1.807, 2.05) is 30.3 Å². The molecule has 0 bridgehead atoms. The minimum Gasteiger partial charge on any atom is -0.497 e. The van der Waals surface area contributed by atoms with Crippen molar-refractivity contribution in [1.82, 2.24) is 0 Å². The molecule has 4 nitrogen and oxygen atoms in total. The molecule has 0 aromatic heterocycles. The topological polar surface area (TPSA) is 44.8 Å². The van der Waals surface area contributed by atoms with E-state index < -0.39 is 0 Å². The molecular formula is C18H16O4. The Morgan fingerprint density at radius 3 is 2.50 bits per heavy atom. The van der Waals surface area contributed by atoms with Crippen molar-refractivity contribution < 1.29 is 19.0 Å². The van der Waals surface area contributed by atoms with Crippen molar-refractivity contribution in [3.63, 3.8) is 0 Å². The third kappa shape index (κ3) is 2.55. The van der Waals surface area contributed by atoms with Gasteiger partial charge >= 0.3 is 0 Å². The van der Waals surface area contributed by atoms with E-state index in [-0.39, 0.29) is 12.4 Å². The molecule has 0 amide bonds. The third-order valence-corrected chi connectivity index (χ3v) is 3.56. The van der Waals surface area contributed by atoms with Gasteiger partial charge in [-0.2, -0.15) is 0 Å². The van der Waals surface area contributed by atoms with E-state index in [2.05, 4.69) is 0 Å². The lowest BCUT2D eigenvalue weighted by Gasteiger charge is -2.20. The maximum Gasteiger partial charge on any atom is 0.196 e. The Kier molecular flexibility index (Phi) is 3.83. The average molecular weight is 296 g/mol. The predicted molar refractivity (Wildman–Crippen MR) is 83.8 cm³/mol. The smallest absolute Gasteiger partial charge is 0.196 e. The second-order valence-corrected chi connectivity index (χ2v) is 4.90. The molecule has 0 fully saturated rings. The third-order valence-electron chi connectivity index (χ3n) is 3.56. The fourth-order valence-corrected chi connectivity index (χ4v) is 2.40. The van der Waals surface area contributed by atoms with Gasteiger partial charge in [0.1, 0.15) is 12.4 Å². The Bertz CT molecular complexity index is 729. The largest absolute Gasteiger partial charge is 0.497 e. The maximum atomic E-state index is 12.6. The summed E-state index contributed by atoms with van der Waals surface area (Å²) < 4.78 is 16.1. The van der Waals surface area contributed by atoms with E-state index in [9.17, 15) is 4.79 Å². The number of methoxy groups -OCH3 is 2. The van der Waals surface area contributed by atoms with Crippen LogP contribution in [0.15, 0.2) is 48.0 Å². The Hall–Kier alpha value is -2.75. The second kappa shape index (κ2) is 5.93. The van der Waals surface area contributed by atoms with Crippen molar-refractivity contribution in [1.29, 1.82) is 0 Å². The van der Waals surface area contributed by atoms with Crippen molar-refractivity contribution in [3.05, 3.63) is 59.2 Å². The van der Waals surface area contributed by atoms with Gasteiger partial charge in [0.2, 0.25) is 0 Å². The van der Waals surface area contributed by atoms with Crippen molar-refractivity contribution in [2.75, 3.05) is 20.8 Å². The molecule has 0 atom stereocenters. The summed E-state index contributed by atoms with van der Waals surface area (Å²) in [6.45, 7) is 0.234. The highest BCUT2D eigenvalue weighted by Gasteiger charge is 2.25. The number of hydrogen-bond donors (Lipinski definition) is 0. The molecule has 3 rings (SSSR count). The van der Waals surface area contributed by atoms with Gasteiger partial charge in [-0.1, -0.05) is 18.2 Å². The fourth-order valence-electron chi connectivity index (χ4n) is 2.40. The molecule has 22 heavy (non-hydrogen) atoms. The quantitative estimate of drug-likeness (QED) is 0.815. The van der Waals surface area contributed by atoms with Crippen LogP contribution in [0.2, 0.25) is 0 Å². The molecule has 2 aromatic carbocycles. The standard InChI is InChI=1S/C18H16O4/c1-20-14-8-6-12(7-9-14)10-13-11-22-18-15(17(13)19)4-3-5-16(18)21-2/h3-10H,11H2,1-2H3. The summed E-state index contributed by atoms with van der Waals surface area (Å²) in [6.07, 6.45) is 1.84. The van der Waals surface area contributed by atoms with Crippen LogP contribution < -0.4 is 14.2 Å². The minimum absolute atomic E-state index is 0.0315. The van der Waals surface area contributed by atoms with E-state index in [1.165, 1.54) is 0 Å². The molecule has 0 N–H and O–H groups in total. The zero-order valence-corrected chi connectivity index (χ0v) is 12.5. The highest BCUT2D eigenvalue weighted by molar-refractivity contribution is 6.14.